The standard InChI is InChI=1S/C18H27BrN2O4/c1-18(2,11-22)9-16(23)20-12-4-6-13(7-5-12)25-15-8-17(24)21(3)10-14(15)19/h8,10,12-13,22H,4-7,9,11H2,1-3H3,(H,20,23). The minimum absolute atomic E-state index is 0.00752. The Bertz CT molecular complexity index is 664. The lowest BCUT2D eigenvalue weighted by Gasteiger charge is -2.30. The van der Waals surface area contributed by atoms with Crippen LogP contribution in [0.4, 0.5) is 0 Å². The normalized spacial score (nSPS) is 21.0. The number of aromatic nitrogens is 1. The predicted octanol–water partition coefficient (Wildman–Crippen LogP) is 2.36. The van der Waals surface area contributed by atoms with Crippen LogP contribution in [0.2, 0.25) is 0 Å². The van der Waals surface area contributed by atoms with Gasteiger partial charge in [0, 0.05) is 38.4 Å². The fourth-order valence-corrected chi connectivity index (χ4v) is 3.46. The van der Waals surface area contributed by atoms with E-state index in [1.807, 2.05) is 13.8 Å². The molecular weight excluding hydrogens is 388 g/mol. The number of carbonyl (C=O) groups excluding carboxylic acids is 1. The lowest BCUT2D eigenvalue weighted by molar-refractivity contribution is -0.124. The first-order chi connectivity index (χ1) is 11.7. The largest absolute Gasteiger partial charge is 0.489 e. The summed E-state index contributed by atoms with van der Waals surface area (Å²) in [4.78, 5) is 23.8. The average Bonchev–Trinajstić information content (AvgIpc) is 2.54. The number of nitrogens with one attached hydrogen (secondary N) is 1. The van der Waals surface area contributed by atoms with Crippen molar-refractivity contribution in [3.8, 4) is 5.75 Å². The highest BCUT2D eigenvalue weighted by atomic mass is 79.9. The Hall–Kier alpha value is -1.34. The summed E-state index contributed by atoms with van der Waals surface area (Å²) in [6.45, 7) is 3.74. The summed E-state index contributed by atoms with van der Waals surface area (Å²) in [6, 6.07) is 1.64. The molecular formula is C18H27BrN2O4. The van der Waals surface area contributed by atoms with E-state index >= 15 is 0 Å². The summed E-state index contributed by atoms with van der Waals surface area (Å²) >= 11 is 3.43. The molecule has 0 unspecified atom stereocenters. The number of halogens is 1. The summed E-state index contributed by atoms with van der Waals surface area (Å²) in [7, 11) is 1.70. The van der Waals surface area contributed by atoms with E-state index in [0.29, 0.717) is 12.2 Å². The first-order valence-electron chi connectivity index (χ1n) is 8.63. The van der Waals surface area contributed by atoms with Crippen LogP contribution < -0.4 is 15.6 Å². The molecule has 6 nitrogen and oxygen atoms in total. The minimum Gasteiger partial charge on any atom is -0.489 e. The Morgan fingerprint density at radius 1 is 1.40 bits per heavy atom. The van der Waals surface area contributed by atoms with Crippen molar-refractivity contribution in [2.24, 2.45) is 12.5 Å². The van der Waals surface area contributed by atoms with Crippen molar-refractivity contribution in [2.45, 2.75) is 58.1 Å². The molecule has 7 heteroatoms. The third kappa shape index (κ3) is 5.85. The summed E-state index contributed by atoms with van der Waals surface area (Å²) in [5.74, 6) is 0.554. The molecule has 1 aliphatic carbocycles. The lowest BCUT2D eigenvalue weighted by Crippen LogP contribution is -2.41. The molecule has 140 valence electrons. The molecule has 0 aromatic carbocycles. The van der Waals surface area contributed by atoms with Gasteiger partial charge in [-0.1, -0.05) is 13.8 Å². The molecule has 0 radical (unpaired) electrons. The molecule has 0 saturated heterocycles. The molecule has 1 saturated carbocycles. The van der Waals surface area contributed by atoms with E-state index in [4.69, 9.17) is 4.74 Å². The third-order valence-corrected chi connectivity index (χ3v) is 5.14. The number of ether oxygens (including phenoxy) is 1. The Labute approximate surface area is 156 Å². The Balaban J connectivity index is 1.83. The molecule has 0 aliphatic heterocycles. The van der Waals surface area contributed by atoms with Crippen molar-refractivity contribution in [2.75, 3.05) is 6.61 Å². The number of amides is 1. The Morgan fingerprint density at radius 2 is 2.04 bits per heavy atom. The SMILES string of the molecule is Cn1cc(Br)c(OC2CCC(NC(=O)CC(C)(C)CO)CC2)cc1=O. The van der Waals surface area contributed by atoms with E-state index < -0.39 is 5.41 Å². The second-order valence-electron chi connectivity index (χ2n) is 7.59. The van der Waals surface area contributed by atoms with Gasteiger partial charge in [0.2, 0.25) is 5.91 Å². The number of nitrogens with zero attached hydrogens (tertiary/aromatic N) is 1. The van der Waals surface area contributed by atoms with E-state index in [1.54, 1.807) is 13.2 Å². The van der Waals surface area contributed by atoms with Gasteiger partial charge in [0.05, 0.1) is 10.6 Å². The maximum Gasteiger partial charge on any atom is 0.254 e. The number of hydrogen-bond donors (Lipinski definition) is 2. The molecule has 1 fully saturated rings. The van der Waals surface area contributed by atoms with Crippen LogP contribution in [-0.2, 0) is 11.8 Å². The molecule has 2 N–H and O–H groups in total. The molecule has 2 rings (SSSR count). The molecule has 25 heavy (non-hydrogen) atoms. The zero-order chi connectivity index (χ0) is 18.6. The zero-order valence-corrected chi connectivity index (χ0v) is 16.6. The number of aliphatic hydroxyl groups is 1. The van der Waals surface area contributed by atoms with Gasteiger partial charge in [-0.3, -0.25) is 9.59 Å². The van der Waals surface area contributed by atoms with Crippen LogP contribution in [0.15, 0.2) is 21.5 Å². The second-order valence-corrected chi connectivity index (χ2v) is 8.45. The summed E-state index contributed by atoms with van der Waals surface area (Å²) in [6.07, 6.45) is 5.42. The van der Waals surface area contributed by atoms with Crippen molar-refractivity contribution in [1.82, 2.24) is 9.88 Å². The molecule has 0 atom stereocenters. The highest BCUT2D eigenvalue weighted by Crippen LogP contribution is 2.28. The number of aliphatic hydroxyl groups excluding tert-OH is 1. The molecule has 1 aliphatic rings. The van der Waals surface area contributed by atoms with Gasteiger partial charge in [0.1, 0.15) is 5.75 Å². The molecule has 1 amide bonds. The van der Waals surface area contributed by atoms with E-state index in [2.05, 4.69) is 21.2 Å². The van der Waals surface area contributed by atoms with Crippen molar-refractivity contribution in [3.63, 3.8) is 0 Å². The average molecular weight is 415 g/mol. The van der Waals surface area contributed by atoms with Crippen LogP contribution in [-0.4, -0.2) is 34.3 Å². The van der Waals surface area contributed by atoms with Crippen molar-refractivity contribution < 1.29 is 14.6 Å². The van der Waals surface area contributed by atoms with Crippen LogP contribution in [0.5, 0.6) is 5.75 Å². The summed E-state index contributed by atoms with van der Waals surface area (Å²) < 4.78 is 8.22. The van der Waals surface area contributed by atoms with E-state index in [0.717, 1.165) is 30.2 Å². The number of rotatable bonds is 6. The van der Waals surface area contributed by atoms with Gasteiger partial charge >= 0.3 is 0 Å². The fourth-order valence-electron chi connectivity index (χ4n) is 2.94. The highest BCUT2D eigenvalue weighted by molar-refractivity contribution is 9.10. The van der Waals surface area contributed by atoms with E-state index in [-0.39, 0.29) is 30.2 Å². The number of aryl methyl sites for hydroxylation is 1. The van der Waals surface area contributed by atoms with Gasteiger partial charge in [-0.05, 0) is 47.0 Å². The van der Waals surface area contributed by atoms with Gasteiger partial charge < -0.3 is 19.7 Å². The van der Waals surface area contributed by atoms with E-state index in [9.17, 15) is 14.7 Å². The lowest BCUT2D eigenvalue weighted by atomic mass is 9.89. The van der Waals surface area contributed by atoms with Crippen molar-refractivity contribution in [1.29, 1.82) is 0 Å². The molecule has 0 spiro atoms. The van der Waals surface area contributed by atoms with Crippen LogP contribution in [0.25, 0.3) is 0 Å². The van der Waals surface area contributed by atoms with Crippen LogP contribution in [0, 0.1) is 5.41 Å². The minimum atomic E-state index is -0.393. The van der Waals surface area contributed by atoms with Crippen molar-refractivity contribution in [3.05, 3.63) is 27.1 Å². The van der Waals surface area contributed by atoms with Gasteiger partial charge in [-0.15, -0.1) is 0 Å². The molecule has 1 heterocycles. The Kier molecular flexibility index (Phi) is 6.68. The molecule has 1 aromatic heterocycles. The van der Waals surface area contributed by atoms with Crippen molar-refractivity contribution >= 4 is 21.8 Å². The maximum absolute atomic E-state index is 12.1. The van der Waals surface area contributed by atoms with Gasteiger partial charge in [-0.2, -0.15) is 0 Å². The fraction of sp³-hybridized carbons (Fsp3) is 0.667. The third-order valence-electron chi connectivity index (χ3n) is 4.54. The topological polar surface area (TPSA) is 80.6 Å². The molecule has 0 bridgehead atoms. The zero-order valence-electron chi connectivity index (χ0n) is 15.0. The summed E-state index contributed by atoms with van der Waals surface area (Å²) in [5, 5.41) is 12.3. The Morgan fingerprint density at radius 3 is 2.64 bits per heavy atom. The van der Waals surface area contributed by atoms with Gasteiger partial charge in [0.25, 0.3) is 5.56 Å². The number of carbonyl (C=O) groups is 1. The number of hydrogen-bond acceptors (Lipinski definition) is 4. The summed E-state index contributed by atoms with van der Waals surface area (Å²) in [5.41, 5.74) is -0.499. The molecule has 1 aromatic rings. The number of pyridine rings is 1. The van der Waals surface area contributed by atoms with Crippen LogP contribution in [0.1, 0.15) is 46.0 Å². The smallest absolute Gasteiger partial charge is 0.254 e. The van der Waals surface area contributed by atoms with E-state index in [1.165, 1.54) is 10.6 Å². The van der Waals surface area contributed by atoms with Gasteiger partial charge in [0.15, 0.2) is 0 Å². The van der Waals surface area contributed by atoms with Crippen LogP contribution >= 0.6 is 15.9 Å². The maximum atomic E-state index is 12.1. The monoisotopic (exact) mass is 414 g/mol. The first kappa shape index (κ1) is 20.0. The predicted molar refractivity (Wildman–Crippen MR) is 99.7 cm³/mol. The quantitative estimate of drug-likeness (QED) is 0.748. The second kappa shape index (κ2) is 8.36. The first-order valence-corrected chi connectivity index (χ1v) is 9.42. The van der Waals surface area contributed by atoms with Crippen LogP contribution in [0.3, 0.4) is 0 Å². The highest BCUT2D eigenvalue weighted by Gasteiger charge is 2.26. The van der Waals surface area contributed by atoms with Gasteiger partial charge in [-0.25, -0.2) is 0 Å².